The molecule has 1 aromatic rings. The number of anilines is 2. The normalized spacial score (nSPS) is 20.3. The second kappa shape index (κ2) is 5.55. The molecule has 2 heterocycles. The predicted molar refractivity (Wildman–Crippen MR) is 76.3 cm³/mol. The highest BCUT2D eigenvalue weighted by molar-refractivity contribution is 5.60. The Balaban J connectivity index is 2.36. The van der Waals surface area contributed by atoms with Crippen LogP contribution in [-0.2, 0) is 0 Å². The van der Waals surface area contributed by atoms with Crippen molar-refractivity contribution >= 4 is 11.6 Å². The highest BCUT2D eigenvalue weighted by Crippen LogP contribution is 2.32. The summed E-state index contributed by atoms with van der Waals surface area (Å²) in [5, 5.41) is 3.19. The molecule has 0 spiro atoms. The molecule has 0 bridgehead atoms. The number of hydrogen-bond acceptors (Lipinski definition) is 4. The fourth-order valence-corrected chi connectivity index (χ4v) is 2.75. The second-order valence-electron chi connectivity index (χ2n) is 5.56. The molecule has 1 aliphatic heterocycles. The fourth-order valence-electron chi connectivity index (χ4n) is 2.75. The highest BCUT2D eigenvalue weighted by atomic mass is 15.2. The van der Waals surface area contributed by atoms with Gasteiger partial charge in [0.1, 0.15) is 18.0 Å². The van der Waals surface area contributed by atoms with Crippen LogP contribution in [0.5, 0.6) is 0 Å². The summed E-state index contributed by atoms with van der Waals surface area (Å²) in [6.45, 7) is 8.96. The third-order valence-electron chi connectivity index (χ3n) is 3.63. The van der Waals surface area contributed by atoms with Gasteiger partial charge >= 0.3 is 0 Å². The molecule has 1 aliphatic rings. The van der Waals surface area contributed by atoms with Crippen LogP contribution >= 0.6 is 0 Å². The minimum atomic E-state index is 0.431. The molecule has 1 unspecified atom stereocenters. The van der Waals surface area contributed by atoms with Gasteiger partial charge in [-0.2, -0.15) is 0 Å². The Morgan fingerprint density at radius 2 is 2.17 bits per heavy atom. The molecule has 0 amide bonds. The summed E-state index contributed by atoms with van der Waals surface area (Å²) in [6.07, 6.45) is 4.27. The van der Waals surface area contributed by atoms with E-state index < -0.39 is 0 Å². The zero-order chi connectivity index (χ0) is 13.1. The monoisotopic (exact) mass is 248 g/mol. The lowest BCUT2D eigenvalue weighted by atomic mass is 9.98. The number of piperidine rings is 1. The highest BCUT2D eigenvalue weighted by Gasteiger charge is 2.23. The average molecular weight is 248 g/mol. The van der Waals surface area contributed by atoms with E-state index in [2.05, 4.69) is 41.0 Å². The van der Waals surface area contributed by atoms with Crippen LogP contribution in [0.15, 0.2) is 6.33 Å². The lowest BCUT2D eigenvalue weighted by Gasteiger charge is -2.34. The lowest BCUT2D eigenvalue weighted by Crippen LogP contribution is -2.35. The van der Waals surface area contributed by atoms with Crippen molar-refractivity contribution in [2.24, 2.45) is 5.92 Å². The van der Waals surface area contributed by atoms with Crippen molar-refractivity contribution in [1.82, 2.24) is 9.97 Å². The Bertz CT molecular complexity index is 403. The van der Waals surface area contributed by atoms with Crippen LogP contribution in [0, 0.1) is 5.92 Å². The zero-order valence-corrected chi connectivity index (χ0v) is 11.9. The van der Waals surface area contributed by atoms with Crippen molar-refractivity contribution in [2.75, 3.05) is 30.4 Å². The summed E-state index contributed by atoms with van der Waals surface area (Å²) in [7, 11) is 1.93. The molecule has 4 heteroatoms. The van der Waals surface area contributed by atoms with Gasteiger partial charge in [0.05, 0.1) is 0 Å². The van der Waals surface area contributed by atoms with Gasteiger partial charge in [0, 0.05) is 25.7 Å². The van der Waals surface area contributed by atoms with Crippen molar-refractivity contribution in [2.45, 2.75) is 39.5 Å². The Morgan fingerprint density at radius 3 is 2.78 bits per heavy atom. The summed E-state index contributed by atoms with van der Waals surface area (Å²) in [6, 6.07) is 0. The first-order valence-electron chi connectivity index (χ1n) is 6.91. The molecule has 1 aromatic heterocycles. The molecular formula is C14H24N4. The third-order valence-corrected chi connectivity index (χ3v) is 3.63. The summed E-state index contributed by atoms with van der Waals surface area (Å²) < 4.78 is 0. The summed E-state index contributed by atoms with van der Waals surface area (Å²) >= 11 is 0. The molecule has 18 heavy (non-hydrogen) atoms. The number of aromatic nitrogens is 2. The van der Waals surface area contributed by atoms with E-state index in [1.807, 2.05) is 7.05 Å². The predicted octanol–water partition coefficient (Wildman–Crippen LogP) is 2.88. The van der Waals surface area contributed by atoms with Crippen LogP contribution in [-0.4, -0.2) is 30.1 Å². The van der Waals surface area contributed by atoms with Crippen molar-refractivity contribution in [3.05, 3.63) is 11.9 Å². The minimum absolute atomic E-state index is 0.431. The lowest BCUT2D eigenvalue weighted by molar-refractivity contribution is 0.443. The van der Waals surface area contributed by atoms with E-state index in [-0.39, 0.29) is 0 Å². The van der Waals surface area contributed by atoms with Crippen molar-refractivity contribution in [1.29, 1.82) is 0 Å². The van der Waals surface area contributed by atoms with Crippen LogP contribution in [0.2, 0.25) is 0 Å². The van der Waals surface area contributed by atoms with E-state index in [0.717, 1.165) is 30.6 Å². The number of nitrogens with zero attached hydrogens (tertiary/aromatic N) is 3. The number of rotatable bonds is 3. The molecule has 2 rings (SSSR count). The Labute approximate surface area is 110 Å². The van der Waals surface area contributed by atoms with Crippen LogP contribution in [0.1, 0.15) is 45.1 Å². The van der Waals surface area contributed by atoms with Crippen molar-refractivity contribution in [3.8, 4) is 0 Å². The number of nitrogens with one attached hydrogen (secondary N) is 1. The molecule has 0 radical (unpaired) electrons. The van der Waals surface area contributed by atoms with Gasteiger partial charge < -0.3 is 10.2 Å². The molecule has 4 nitrogen and oxygen atoms in total. The van der Waals surface area contributed by atoms with E-state index in [0.29, 0.717) is 5.92 Å². The first-order valence-corrected chi connectivity index (χ1v) is 6.91. The van der Waals surface area contributed by atoms with Gasteiger partial charge in [0.25, 0.3) is 0 Å². The Morgan fingerprint density at radius 1 is 1.39 bits per heavy atom. The molecule has 1 saturated heterocycles. The van der Waals surface area contributed by atoms with E-state index in [1.54, 1.807) is 6.33 Å². The largest absolute Gasteiger partial charge is 0.373 e. The molecule has 0 aromatic carbocycles. The molecular weight excluding hydrogens is 224 g/mol. The van der Waals surface area contributed by atoms with Crippen LogP contribution < -0.4 is 10.2 Å². The number of hydrogen-bond donors (Lipinski definition) is 1. The summed E-state index contributed by atoms with van der Waals surface area (Å²) in [4.78, 5) is 11.3. The van der Waals surface area contributed by atoms with Crippen molar-refractivity contribution < 1.29 is 0 Å². The molecule has 100 valence electrons. The molecule has 1 fully saturated rings. The van der Waals surface area contributed by atoms with E-state index in [4.69, 9.17) is 0 Å². The van der Waals surface area contributed by atoms with Gasteiger partial charge in [-0.05, 0) is 24.7 Å². The minimum Gasteiger partial charge on any atom is -0.373 e. The maximum Gasteiger partial charge on any atom is 0.137 e. The van der Waals surface area contributed by atoms with Gasteiger partial charge in [-0.25, -0.2) is 9.97 Å². The fraction of sp³-hybridized carbons (Fsp3) is 0.714. The van der Waals surface area contributed by atoms with Crippen LogP contribution in [0.25, 0.3) is 0 Å². The van der Waals surface area contributed by atoms with E-state index >= 15 is 0 Å². The Kier molecular flexibility index (Phi) is 4.04. The molecule has 1 atom stereocenters. The topological polar surface area (TPSA) is 41.1 Å². The molecule has 0 aliphatic carbocycles. The van der Waals surface area contributed by atoms with Crippen LogP contribution in [0.3, 0.4) is 0 Å². The summed E-state index contributed by atoms with van der Waals surface area (Å²) in [5.41, 5.74) is 1.24. The average Bonchev–Trinajstić information content (AvgIpc) is 2.37. The van der Waals surface area contributed by atoms with Gasteiger partial charge in [0.2, 0.25) is 0 Å². The molecule has 1 N–H and O–H groups in total. The maximum absolute atomic E-state index is 4.54. The first-order chi connectivity index (χ1) is 8.63. The molecule has 0 saturated carbocycles. The second-order valence-corrected chi connectivity index (χ2v) is 5.56. The third kappa shape index (κ3) is 2.57. The first kappa shape index (κ1) is 13.1. The smallest absolute Gasteiger partial charge is 0.137 e. The standard InChI is InChI=1S/C14H24N4/c1-10(2)12-13(15-4)16-9-17-14(12)18-7-5-6-11(3)8-18/h9-11H,5-8H2,1-4H3,(H,15,16,17). The zero-order valence-electron chi connectivity index (χ0n) is 11.9. The summed E-state index contributed by atoms with van der Waals surface area (Å²) in [5.74, 6) is 3.27. The van der Waals surface area contributed by atoms with E-state index in [1.165, 1.54) is 18.4 Å². The Hall–Kier alpha value is -1.32. The van der Waals surface area contributed by atoms with E-state index in [9.17, 15) is 0 Å². The van der Waals surface area contributed by atoms with Gasteiger partial charge in [0.15, 0.2) is 0 Å². The SMILES string of the molecule is CNc1ncnc(N2CCCC(C)C2)c1C(C)C. The van der Waals surface area contributed by atoms with Gasteiger partial charge in [-0.15, -0.1) is 0 Å². The van der Waals surface area contributed by atoms with Crippen LogP contribution in [0.4, 0.5) is 11.6 Å². The van der Waals surface area contributed by atoms with Gasteiger partial charge in [-0.3, -0.25) is 0 Å². The van der Waals surface area contributed by atoms with Gasteiger partial charge in [-0.1, -0.05) is 20.8 Å². The maximum atomic E-state index is 4.54. The van der Waals surface area contributed by atoms with Crippen molar-refractivity contribution in [3.63, 3.8) is 0 Å². The quantitative estimate of drug-likeness (QED) is 0.893.